The lowest BCUT2D eigenvalue weighted by Gasteiger charge is -2.09. The predicted molar refractivity (Wildman–Crippen MR) is 100 cm³/mol. The Hall–Kier alpha value is -3.22. The molecule has 0 aliphatic rings. The lowest BCUT2D eigenvalue weighted by atomic mass is 10.1. The van der Waals surface area contributed by atoms with Gasteiger partial charge < -0.3 is 15.4 Å². The summed E-state index contributed by atoms with van der Waals surface area (Å²) in [4.78, 5) is 23.3. The molecule has 27 heavy (non-hydrogen) atoms. The molecule has 0 heterocycles. The molecule has 0 spiro atoms. The maximum Gasteiger partial charge on any atom is 0.272 e. The summed E-state index contributed by atoms with van der Waals surface area (Å²) in [5.41, 5.74) is 2.07. The Kier molecular flexibility index (Phi) is 7.49. The average Bonchev–Trinajstić information content (AvgIpc) is 2.66. The highest BCUT2D eigenvalue weighted by molar-refractivity contribution is 5.98. The lowest BCUT2D eigenvalue weighted by molar-refractivity contribution is -0.116. The Morgan fingerprint density at radius 1 is 1.07 bits per heavy atom. The van der Waals surface area contributed by atoms with Crippen LogP contribution in [-0.4, -0.2) is 24.8 Å². The van der Waals surface area contributed by atoms with E-state index in [9.17, 15) is 18.4 Å². The van der Waals surface area contributed by atoms with Gasteiger partial charge >= 0.3 is 0 Å². The van der Waals surface area contributed by atoms with E-state index in [0.29, 0.717) is 17.8 Å². The van der Waals surface area contributed by atoms with Crippen LogP contribution >= 0.6 is 0 Å². The lowest BCUT2D eigenvalue weighted by Crippen LogP contribution is -2.13. The summed E-state index contributed by atoms with van der Waals surface area (Å²) in [7, 11) is 0. The van der Waals surface area contributed by atoms with E-state index in [1.807, 2.05) is 12.1 Å². The minimum atomic E-state index is -2.56. The van der Waals surface area contributed by atoms with E-state index in [4.69, 9.17) is 4.74 Å². The van der Waals surface area contributed by atoms with Crippen LogP contribution in [0.1, 0.15) is 12.0 Å². The van der Waals surface area contributed by atoms with E-state index >= 15 is 0 Å². The van der Waals surface area contributed by atoms with Gasteiger partial charge in [0.2, 0.25) is 11.8 Å². The fraction of sp³-hybridized carbons (Fsp3) is 0.200. The molecule has 0 atom stereocenters. The van der Waals surface area contributed by atoms with Crippen molar-refractivity contribution in [3.8, 4) is 5.75 Å². The first-order valence-corrected chi connectivity index (χ1v) is 8.29. The maximum atomic E-state index is 12.2. The number of benzene rings is 2. The standard InChI is InChI=1S/C20H20F2N2O3/c1-2-19(25)23-15-9-6-14(7-10-15)8-11-20(26)24-16-4-3-5-17(12-16)27-13-18(21)22/h2-7,9-10,12,18H,1,8,11,13H2,(H,23,25)(H,24,26). The molecular weight excluding hydrogens is 354 g/mol. The number of nitrogens with one attached hydrogen (secondary N) is 2. The number of alkyl halides is 2. The molecule has 0 radical (unpaired) electrons. The van der Waals surface area contributed by atoms with E-state index in [2.05, 4.69) is 17.2 Å². The van der Waals surface area contributed by atoms with Gasteiger partial charge in [0.1, 0.15) is 12.4 Å². The molecule has 0 saturated carbocycles. The Labute approximate surface area is 156 Å². The Balaban J connectivity index is 1.83. The zero-order chi connectivity index (χ0) is 19.6. The second-order valence-electron chi connectivity index (χ2n) is 5.67. The molecule has 2 N–H and O–H groups in total. The number of carbonyl (C=O) groups is 2. The van der Waals surface area contributed by atoms with Crippen LogP contribution in [0.2, 0.25) is 0 Å². The smallest absolute Gasteiger partial charge is 0.272 e. The molecule has 0 unspecified atom stereocenters. The molecule has 0 fully saturated rings. The predicted octanol–water partition coefficient (Wildman–Crippen LogP) is 4.03. The van der Waals surface area contributed by atoms with Crippen molar-refractivity contribution in [2.45, 2.75) is 19.3 Å². The van der Waals surface area contributed by atoms with Gasteiger partial charge in [-0.3, -0.25) is 9.59 Å². The van der Waals surface area contributed by atoms with E-state index < -0.39 is 13.0 Å². The number of rotatable bonds is 9. The number of hydrogen-bond acceptors (Lipinski definition) is 3. The van der Waals surface area contributed by atoms with Crippen molar-refractivity contribution >= 4 is 23.2 Å². The molecule has 0 bridgehead atoms. The fourth-order valence-corrected chi connectivity index (χ4v) is 2.25. The summed E-state index contributed by atoms with van der Waals surface area (Å²) >= 11 is 0. The van der Waals surface area contributed by atoms with Crippen molar-refractivity contribution in [3.05, 3.63) is 66.7 Å². The Morgan fingerprint density at radius 3 is 2.48 bits per heavy atom. The van der Waals surface area contributed by atoms with Gasteiger partial charge in [-0.1, -0.05) is 24.8 Å². The van der Waals surface area contributed by atoms with Crippen molar-refractivity contribution < 1.29 is 23.1 Å². The highest BCUT2D eigenvalue weighted by Crippen LogP contribution is 2.18. The first-order valence-electron chi connectivity index (χ1n) is 8.29. The van der Waals surface area contributed by atoms with E-state index in [1.165, 1.54) is 12.1 Å². The zero-order valence-electron chi connectivity index (χ0n) is 14.6. The number of aryl methyl sites for hydroxylation is 1. The molecule has 5 nitrogen and oxygen atoms in total. The molecule has 7 heteroatoms. The second-order valence-corrected chi connectivity index (χ2v) is 5.67. The average molecular weight is 374 g/mol. The molecule has 2 aromatic rings. The summed E-state index contributed by atoms with van der Waals surface area (Å²) < 4.78 is 29.3. The van der Waals surface area contributed by atoms with Crippen molar-refractivity contribution in [3.63, 3.8) is 0 Å². The van der Waals surface area contributed by atoms with Crippen LogP contribution in [0.15, 0.2) is 61.2 Å². The van der Waals surface area contributed by atoms with Crippen LogP contribution in [0.3, 0.4) is 0 Å². The van der Waals surface area contributed by atoms with Gasteiger partial charge in [0.25, 0.3) is 6.43 Å². The van der Waals surface area contributed by atoms with Crippen LogP contribution in [0.5, 0.6) is 5.75 Å². The van der Waals surface area contributed by atoms with Crippen molar-refractivity contribution in [2.75, 3.05) is 17.2 Å². The molecular formula is C20H20F2N2O3. The summed E-state index contributed by atoms with van der Waals surface area (Å²) in [6.45, 7) is 2.69. The highest BCUT2D eigenvalue weighted by Gasteiger charge is 2.07. The largest absolute Gasteiger partial charge is 0.488 e. The van der Waals surface area contributed by atoms with Crippen molar-refractivity contribution in [1.82, 2.24) is 0 Å². The number of anilines is 2. The monoisotopic (exact) mass is 374 g/mol. The number of carbonyl (C=O) groups excluding carboxylic acids is 2. The normalized spacial score (nSPS) is 10.3. The van der Waals surface area contributed by atoms with Crippen molar-refractivity contribution in [1.29, 1.82) is 0 Å². The summed E-state index contributed by atoms with van der Waals surface area (Å²) in [6, 6.07) is 13.5. The van der Waals surface area contributed by atoms with Crippen LogP contribution < -0.4 is 15.4 Å². The zero-order valence-corrected chi connectivity index (χ0v) is 14.6. The van der Waals surface area contributed by atoms with Crippen LogP contribution in [0.4, 0.5) is 20.2 Å². The molecule has 0 aliphatic carbocycles. The number of ether oxygens (including phenoxy) is 1. The minimum Gasteiger partial charge on any atom is -0.488 e. The third kappa shape index (κ3) is 7.27. The van der Waals surface area contributed by atoms with Gasteiger partial charge in [0.15, 0.2) is 0 Å². The van der Waals surface area contributed by atoms with Crippen molar-refractivity contribution in [2.24, 2.45) is 0 Å². The summed E-state index contributed by atoms with van der Waals surface area (Å²) in [6.07, 6.45) is -0.602. The number of amides is 2. The number of hydrogen-bond donors (Lipinski definition) is 2. The topological polar surface area (TPSA) is 67.4 Å². The third-order valence-electron chi connectivity index (χ3n) is 3.54. The molecule has 142 valence electrons. The van der Waals surface area contributed by atoms with Gasteiger partial charge in [0, 0.05) is 23.9 Å². The minimum absolute atomic E-state index is 0.204. The van der Waals surface area contributed by atoms with E-state index in [0.717, 1.165) is 5.56 Å². The molecule has 2 aromatic carbocycles. The van der Waals surface area contributed by atoms with Gasteiger partial charge in [0.05, 0.1) is 0 Å². The first-order chi connectivity index (χ1) is 13.0. The second kappa shape index (κ2) is 10.1. The third-order valence-corrected chi connectivity index (χ3v) is 3.54. The summed E-state index contributed by atoms with van der Waals surface area (Å²) in [5, 5.41) is 5.35. The van der Waals surface area contributed by atoms with Crippen LogP contribution in [0, 0.1) is 0 Å². The van der Waals surface area contributed by atoms with Gasteiger partial charge in [-0.25, -0.2) is 8.78 Å². The number of halogens is 2. The van der Waals surface area contributed by atoms with Gasteiger partial charge in [-0.2, -0.15) is 0 Å². The quantitative estimate of drug-likeness (QED) is 0.652. The van der Waals surface area contributed by atoms with Gasteiger partial charge in [-0.05, 0) is 42.3 Å². The Bertz CT molecular complexity index is 792. The van der Waals surface area contributed by atoms with E-state index in [-0.39, 0.29) is 24.0 Å². The highest BCUT2D eigenvalue weighted by atomic mass is 19.3. The Morgan fingerprint density at radius 2 is 1.81 bits per heavy atom. The van der Waals surface area contributed by atoms with E-state index in [1.54, 1.807) is 30.3 Å². The molecule has 0 saturated heterocycles. The molecule has 0 aromatic heterocycles. The maximum absolute atomic E-state index is 12.2. The van der Waals surface area contributed by atoms with Crippen LogP contribution in [0.25, 0.3) is 0 Å². The molecule has 0 aliphatic heterocycles. The van der Waals surface area contributed by atoms with Gasteiger partial charge in [-0.15, -0.1) is 0 Å². The fourth-order valence-electron chi connectivity index (χ4n) is 2.25. The molecule has 2 rings (SSSR count). The first kappa shape index (κ1) is 20.1. The van der Waals surface area contributed by atoms with Crippen LogP contribution in [-0.2, 0) is 16.0 Å². The SMILES string of the molecule is C=CC(=O)Nc1ccc(CCC(=O)Nc2cccc(OCC(F)F)c2)cc1. The summed E-state index contributed by atoms with van der Waals surface area (Å²) in [5.74, 6) is -0.225. The molecule has 2 amide bonds.